The van der Waals surface area contributed by atoms with E-state index in [-0.39, 0.29) is 11.3 Å². The second-order valence-electron chi connectivity index (χ2n) is 8.27. The van der Waals surface area contributed by atoms with E-state index in [0.717, 1.165) is 50.3 Å². The number of rotatable bonds is 8. The number of nitrogens with zero attached hydrogens (tertiary/aromatic N) is 4. The molecule has 0 bridgehead atoms. The summed E-state index contributed by atoms with van der Waals surface area (Å²) >= 11 is 0. The Morgan fingerprint density at radius 2 is 1.90 bits per heavy atom. The number of hydrogen-bond acceptors (Lipinski definition) is 3. The molecule has 1 saturated carbocycles. The lowest BCUT2D eigenvalue weighted by molar-refractivity contribution is -0.138. The molecule has 0 atom stereocenters. The van der Waals surface area contributed by atoms with Crippen molar-refractivity contribution in [2.45, 2.75) is 45.7 Å². The van der Waals surface area contributed by atoms with E-state index in [9.17, 15) is 4.79 Å². The average Bonchev–Trinajstić information content (AvgIpc) is 3.40. The smallest absolute Gasteiger partial charge is 0.230 e. The van der Waals surface area contributed by atoms with Gasteiger partial charge in [-0.1, -0.05) is 43.2 Å². The fourth-order valence-electron chi connectivity index (χ4n) is 4.10. The molecule has 7 heteroatoms. The Morgan fingerprint density at radius 1 is 1.17 bits per heavy atom. The molecule has 30 heavy (non-hydrogen) atoms. The van der Waals surface area contributed by atoms with E-state index in [2.05, 4.69) is 27.9 Å². The van der Waals surface area contributed by atoms with Crippen molar-refractivity contribution >= 4 is 11.9 Å². The minimum atomic E-state index is -0.319. The Morgan fingerprint density at radius 3 is 2.57 bits per heavy atom. The van der Waals surface area contributed by atoms with Crippen LogP contribution in [0.1, 0.15) is 43.7 Å². The lowest BCUT2D eigenvalue weighted by atomic mass is 9.84. The predicted octanol–water partition coefficient (Wildman–Crippen LogP) is 2.64. The maximum atomic E-state index is 12.8. The standard InChI is InChI=1S/C23H34N6O/c1-4-24-22(26-18-23(12-8-9-13-23)21(30)28(2)3)25-14-20-15-27-29(17-20)16-19-10-6-5-7-11-19/h5-7,10-11,15,17H,4,8-9,12-14,16,18H2,1-3H3,(H2,24,25,26). The third-order valence-corrected chi connectivity index (χ3v) is 5.65. The van der Waals surface area contributed by atoms with Crippen molar-refractivity contribution in [1.29, 1.82) is 0 Å². The first kappa shape index (κ1) is 21.9. The van der Waals surface area contributed by atoms with Gasteiger partial charge >= 0.3 is 0 Å². The topological polar surface area (TPSA) is 74.5 Å². The SMILES string of the molecule is CCNC(=NCc1cnn(Cc2ccccc2)c1)NCC1(C(=O)N(C)C)CCCC1. The van der Waals surface area contributed by atoms with Crippen LogP contribution >= 0.6 is 0 Å². The van der Waals surface area contributed by atoms with Crippen LogP contribution in [0.25, 0.3) is 0 Å². The molecular weight excluding hydrogens is 376 g/mol. The summed E-state index contributed by atoms with van der Waals surface area (Å²) in [6, 6.07) is 10.3. The number of carbonyl (C=O) groups is 1. The zero-order valence-electron chi connectivity index (χ0n) is 18.4. The van der Waals surface area contributed by atoms with Gasteiger partial charge in [0.1, 0.15) is 0 Å². The molecule has 0 saturated heterocycles. The summed E-state index contributed by atoms with van der Waals surface area (Å²) in [5.74, 6) is 0.955. The number of benzene rings is 1. The third-order valence-electron chi connectivity index (χ3n) is 5.65. The highest BCUT2D eigenvalue weighted by atomic mass is 16.2. The third kappa shape index (κ3) is 5.62. The molecule has 1 aromatic heterocycles. The Balaban J connectivity index is 1.61. The van der Waals surface area contributed by atoms with E-state index in [4.69, 9.17) is 4.99 Å². The minimum absolute atomic E-state index is 0.213. The molecule has 7 nitrogen and oxygen atoms in total. The predicted molar refractivity (Wildman–Crippen MR) is 120 cm³/mol. The van der Waals surface area contributed by atoms with E-state index in [1.54, 1.807) is 4.90 Å². The second-order valence-corrected chi connectivity index (χ2v) is 8.27. The lowest BCUT2D eigenvalue weighted by Crippen LogP contribution is -2.49. The summed E-state index contributed by atoms with van der Waals surface area (Å²) in [5.41, 5.74) is 1.96. The fourth-order valence-corrected chi connectivity index (χ4v) is 4.10. The first-order chi connectivity index (χ1) is 14.5. The van der Waals surface area contributed by atoms with Crippen LogP contribution in [0.3, 0.4) is 0 Å². The van der Waals surface area contributed by atoms with Crippen molar-refractivity contribution in [2.75, 3.05) is 27.2 Å². The van der Waals surface area contributed by atoms with Crippen LogP contribution in [-0.4, -0.2) is 53.7 Å². The first-order valence-corrected chi connectivity index (χ1v) is 10.8. The van der Waals surface area contributed by atoms with Crippen molar-refractivity contribution in [3.8, 4) is 0 Å². The van der Waals surface area contributed by atoms with Crippen LogP contribution in [0.5, 0.6) is 0 Å². The van der Waals surface area contributed by atoms with Gasteiger partial charge in [0, 0.05) is 38.9 Å². The van der Waals surface area contributed by atoms with Crippen molar-refractivity contribution < 1.29 is 4.79 Å². The van der Waals surface area contributed by atoms with Gasteiger partial charge in [-0.15, -0.1) is 0 Å². The molecule has 0 spiro atoms. The van der Waals surface area contributed by atoms with Crippen molar-refractivity contribution in [3.05, 3.63) is 53.9 Å². The van der Waals surface area contributed by atoms with Gasteiger partial charge in [-0.3, -0.25) is 9.48 Å². The van der Waals surface area contributed by atoms with Crippen LogP contribution in [0, 0.1) is 5.41 Å². The molecule has 162 valence electrons. The van der Waals surface area contributed by atoms with Gasteiger partial charge in [0.25, 0.3) is 0 Å². The molecule has 0 unspecified atom stereocenters. The van der Waals surface area contributed by atoms with Crippen LogP contribution in [0.2, 0.25) is 0 Å². The first-order valence-electron chi connectivity index (χ1n) is 10.8. The zero-order chi connectivity index (χ0) is 21.4. The molecule has 1 aliphatic carbocycles. The van der Waals surface area contributed by atoms with E-state index in [0.29, 0.717) is 13.1 Å². The minimum Gasteiger partial charge on any atom is -0.357 e. The maximum absolute atomic E-state index is 12.8. The molecule has 2 aromatic rings. The number of aromatic nitrogens is 2. The van der Waals surface area contributed by atoms with Gasteiger partial charge in [-0.25, -0.2) is 4.99 Å². The van der Waals surface area contributed by atoms with Crippen LogP contribution < -0.4 is 10.6 Å². The maximum Gasteiger partial charge on any atom is 0.230 e. The summed E-state index contributed by atoms with van der Waals surface area (Å²) < 4.78 is 1.93. The van der Waals surface area contributed by atoms with Crippen molar-refractivity contribution in [3.63, 3.8) is 0 Å². The number of nitrogens with one attached hydrogen (secondary N) is 2. The number of amides is 1. The number of aliphatic imine (C=N–C) groups is 1. The largest absolute Gasteiger partial charge is 0.357 e. The van der Waals surface area contributed by atoms with E-state index < -0.39 is 0 Å². The molecule has 1 heterocycles. The Kier molecular flexibility index (Phi) is 7.49. The summed E-state index contributed by atoms with van der Waals surface area (Å²) in [7, 11) is 3.68. The van der Waals surface area contributed by atoms with E-state index in [1.165, 1.54) is 5.56 Å². The Labute approximate surface area is 179 Å². The number of hydrogen-bond donors (Lipinski definition) is 2. The molecule has 1 fully saturated rings. The van der Waals surface area contributed by atoms with Gasteiger partial charge in [0.2, 0.25) is 5.91 Å². The summed E-state index contributed by atoms with van der Waals surface area (Å²) in [6.45, 7) is 4.72. The highest BCUT2D eigenvalue weighted by Crippen LogP contribution is 2.38. The van der Waals surface area contributed by atoms with Gasteiger partial charge in [0.15, 0.2) is 5.96 Å². The van der Waals surface area contributed by atoms with Crippen molar-refractivity contribution in [2.24, 2.45) is 10.4 Å². The average molecular weight is 411 g/mol. The Hall–Kier alpha value is -2.83. The molecular formula is C23H34N6O. The van der Waals surface area contributed by atoms with Crippen molar-refractivity contribution in [1.82, 2.24) is 25.3 Å². The molecule has 0 radical (unpaired) electrons. The van der Waals surface area contributed by atoms with Crippen LogP contribution in [0.15, 0.2) is 47.7 Å². The molecule has 1 aliphatic rings. The molecule has 3 rings (SSSR count). The summed E-state index contributed by atoms with van der Waals surface area (Å²) in [5, 5.41) is 11.2. The van der Waals surface area contributed by atoms with Gasteiger partial charge in [-0.05, 0) is 25.3 Å². The molecule has 2 N–H and O–H groups in total. The quantitative estimate of drug-likeness (QED) is 0.518. The fraction of sp³-hybridized carbons (Fsp3) is 0.522. The zero-order valence-corrected chi connectivity index (χ0v) is 18.4. The lowest BCUT2D eigenvalue weighted by Gasteiger charge is -2.31. The Bertz CT molecular complexity index is 836. The normalized spacial score (nSPS) is 15.8. The number of carbonyl (C=O) groups excluding carboxylic acids is 1. The van der Waals surface area contributed by atoms with Gasteiger partial charge in [-0.2, -0.15) is 5.10 Å². The molecule has 1 amide bonds. The highest BCUT2D eigenvalue weighted by molar-refractivity contribution is 5.85. The molecule has 0 aliphatic heterocycles. The van der Waals surface area contributed by atoms with Crippen LogP contribution in [0.4, 0.5) is 0 Å². The van der Waals surface area contributed by atoms with Gasteiger partial charge in [0.05, 0.1) is 24.7 Å². The van der Waals surface area contributed by atoms with E-state index >= 15 is 0 Å². The monoisotopic (exact) mass is 410 g/mol. The summed E-state index contributed by atoms with van der Waals surface area (Å²) in [4.78, 5) is 19.2. The van der Waals surface area contributed by atoms with E-state index in [1.807, 2.05) is 56.3 Å². The van der Waals surface area contributed by atoms with Crippen LogP contribution in [-0.2, 0) is 17.9 Å². The summed E-state index contributed by atoms with van der Waals surface area (Å²) in [6.07, 6.45) is 7.98. The highest BCUT2D eigenvalue weighted by Gasteiger charge is 2.42. The van der Waals surface area contributed by atoms with Gasteiger partial charge < -0.3 is 15.5 Å². The number of guanidine groups is 1. The molecule has 1 aromatic carbocycles. The second kappa shape index (κ2) is 10.3.